The number of hydrogen-bond donors (Lipinski definition) is 4. The van der Waals surface area contributed by atoms with E-state index < -0.39 is 0 Å². The summed E-state index contributed by atoms with van der Waals surface area (Å²) < 4.78 is 0. The molecule has 15 heavy (non-hydrogen) atoms. The summed E-state index contributed by atoms with van der Waals surface area (Å²) in [5.74, 6) is 0.137. The van der Waals surface area contributed by atoms with Gasteiger partial charge < -0.3 is 20.6 Å². The molecule has 0 radical (unpaired) electrons. The maximum atomic E-state index is 9.57. The third-order valence-electron chi connectivity index (χ3n) is 2.27. The van der Waals surface area contributed by atoms with Crippen molar-refractivity contribution < 1.29 is 15.3 Å². The Balaban J connectivity index is 2.61. The molecule has 1 aromatic carbocycles. The second-order valence-electron chi connectivity index (χ2n) is 3.50. The van der Waals surface area contributed by atoms with E-state index in [-0.39, 0.29) is 24.1 Å². The first-order valence-electron chi connectivity index (χ1n) is 5.01. The monoisotopic (exact) mass is 211 g/mol. The number of benzene rings is 1. The number of phenols is 2. The van der Waals surface area contributed by atoms with E-state index >= 15 is 0 Å². The van der Waals surface area contributed by atoms with Crippen molar-refractivity contribution >= 4 is 0 Å². The fourth-order valence-electron chi connectivity index (χ4n) is 1.41. The normalized spacial score (nSPS) is 12.7. The van der Waals surface area contributed by atoms with Crippen LogP contribution in [-0.2, 0) is 0 Å². The van der Waals surface area contributed by atoms with Crippen molar-refractivity contribution in [1.29, 1.82) is 0 Å². The molecule has 84 valence electrons. The number of aliphatic hydroxyl groups excluding tert-OH is 1. The van der Waals surface area contributed by atoms with Gasteiger partial charge in [0.1, 0.15) is 11.5 Å². The molecule has 4 heteroatoms. The molecule has 0 aliphatic rings. The van der Waals surface area contributed by atoms with Crippen molar-refractivity contribution in [2.24, 2.45) is 0 Å². The molecule has 4 N–H and O–H groups in total. The van der Waals surface area contributed by atoms with Crippen LogP contribution in [0.1, 0.15) is 24.9 Å². The molecule has 1 aromatic rings. The highest BCUT2D eigenvalue weighted by atomic mass is 16.3. The van der Waals surface area contributed by atoms with Gasteiger partial charge in [-0.2, -0.15) is 0 Å². The van der Waals surface area contributed by atoms with Gasteiger partial charge in [-0.15, -0.1) is 0 Å². The van der Waals surface area contributed by atoms with E-state index in [1.165, 1.54) is 6.07 Å². The van der Waals surface area contributed by atoms with Crippen LogP contribution in [0.15, 0.2) is 18.2 Å². The lowest BCUT2D eigenvalue weighted by atomic mass is 10.1. The van der Waals surface area contributed by atoms with Crippen LogP contribution in [0.2, 0.25) is 0 Å². The minimum Gasteiger partial charge on any atom is -0.508 e. The number of aromatic hydroxyl groups is 2. The van der Waals surface area contributed by atoms with Crippen molar-refractivity contribution in [1.82, 2.24) is 5.32 Å². The van der Waals surface area contributed by atoms with E-state index in [9.17, 15) is 5.11 Å². The molecule has 0 fully saturated rings. The predicted molar refractivity (Wildman–Crippen MR) is 57.9 cm³/mol. The van der Waals surface area contributed by atoms with Crippen LogP contribution in [0, 0.1) is 0 Å². The summed E-state index contributed by atoms with van der Waals surface area (Å²) >= 11 is 0. The van der Waals surface area contributed by atoms with E-state index in [1.54, 1.807) is 12.1 Å². The van der Waals surface area contributed by atoms with E-state index in [0.29, 0.717) is 13.0 Å². The topological polar surface area (TPSA) is 72.7 Å². The molecular formula is C11H17NO3. The predicted octanol–water partition coefficient (Wildman–Crippen LogP) is 1.13. The minimum absolute atomic E-state index is 0.00264. The number of nitrogens with one attached hydrogen (secondary N) is 1. The van der Waals surface area contributed by atoms with Gasteiger partial charge in [0.15, 0.2) is 0 Å². The number of phenolic OH excluding ortho intramolecular Hbond substituents is 2. The lowest BCUT2D eigenvalue weighted by Crippen LogP contribution is -2.20. The lowest BCUT2D eigenvalue weighted by Gasteiger charge is -2.15. The van der Waals surface area contributed by atoms with Crippen molar-refractivity contribution in [2.75, 3.05) is 13.2 Å². The molecule has 0 spiro atoms. The van der Waals surface area contributed by atoms with Crippen molar-refractivity contribution in [3.8, 4) is 11.5 Å². The highest BCUT2D eigenvalue weighted by molar-refractivity contribution is 5.40. The van der Waals surface area contributed by atoms with Gasteiger partial charge in [-0.25, -0.2) is 0 Å². The lowest BCUT2D eigenvalue weighted by molar-refractivity contribution is 0.283. The molecule has 1 rings (SSSR count). The fourth-order valence-corrected chi connectivity index (χ4v) is 1.41. The van der Waals surface area contributed by atoms with Gasteiger partial charge in [0.05, 0.1) is 0 Å². The van der Waals surface area contributed by atoms with Gasteiger partial charge in [-0.1, -0.05) is 6.07 Å². The minimum atomic E-state index is -0.00264. The van der Waals surface area contributed by atoms with Crippen LogP contribution in [0.25, 0.3) is 0 Å². The number of hydrogen-bond acceptors (Lipinski definition) is 4. The van der Waals surface area contributed by atoms with Crippen LogP contribution in [-0.4, -0.2) is 28.5 Å². The van der Waals surface area contributed by atoms with E-state index in [0.717, 1.165) is 5.56 Å². The summed E-state index contributed by atoms with van der Waals surface area (Å²) in [5.41, 5.74) is 0.741. The van der Waals surface area contributed by atoms with Gasteiger partial charge >= 0.3 is 0 Å². The summed E-state index contributed by atoms with van der Waals surface area (Å²) in [7, 11) is 0. The van der Waals surface area contributed by atoms with Gasteiger partial charge in [0, 0.05) is 24.3 Å². The average molecular weight is 211 g/mol. The molecule has 0 aromatic heterocycles. The second kappa shape index (κ2) is 5.58. The molecule has 0 saturated heterocycles. The number of rotatable bonds is 5. The van der Waals surface area contributed by atoms with Gasteiger partial charge in [0.2, 0.25) is 0 Å². The molecule has 0 aliphatic heterocycles. The van der Waals surface area contributed by atoms with Crippen molar-refractivity contribution in [3.05, 3.63) is 23.8 Å². The molecular weight excluding hydrogens is 194 g/mol. The zero-order valence-corrected chi connectivity index (χ0v) is 8.77. The largest absolute Gasteiger partial charge is 0.508 e. The first-order chi connectivity index (χ1) is 7.15. The highest BCUT2D eigenvalue weighted by Crippen LogP contribution is 2.27. The smallest absolute Gasteiger partial charge is 0.124 e. The van der Waals surface area contributed by atoms with Crippen molar-refractivity contribution in [2.45, 2.75) is 19.4 Å². The average Bonchev–Trinajstić information content (AvgIpc) is 2.17. The molecule has 1 atom stereocenters. The van der Waals surface area contributed by atoms with Crippen LogP contribution in [0.3, 0.4) is 0 Å². The summed E-state index contributed by atoms with van der Waals surface area (Å²) in [4.78, 5) is 0. The third kappa shape index (κ3) is 3.42. The highest BCUT2D eigenvalue weighted by Gasteiger charge is 2.09. The third-order valence-corrected chi connectivity index (χ3v) is 2.27. The molecule has 1 unspecified atom stereocenters. The Morgan fingerprint density at radius 2 is 2.07 bits per heavy atom. The van der Waals surface area contributed by atoms with Crippen molar-refractivity contribution in [3.63, 3.8) is 0 Å². The second-order valence-corrected chi connectivity index (χ2v) is 3.50. The van der Waals surface area contributed by atoms with Gasteiger partial charge in [0.25, 0.3) is 0 Å². The molecule has 4 nitrogen and oxygen atoms in total. The summed E-state index contributed by atoms with van der Waals surface area (Å²) in [5, 5.41) is 30.5. The molecule has 0 bridgehead atoms. The summed E-state index contributed by atoms with van der Waals surface area (Å²) in [6.07, 6.45) is 0.684. The zero-order valence-electron chi connectivity index (χ0n) is 8.77. The summed E-state index contributed by atoms with van der Waals surface area (Å²) in [6, 6.07) is 4.54. The number of aliphatic hydroxyl groups is 1. The van der Waals surface area contributed by atoms with E-state index in [1.807, 2.05) is 6.92 Å². The van der Waals surface area contributed by atoms with Crippen LogP contribution in [0.5, 0.6) is 11.5 Å². The Hall–Kier alpha value is -1.26. The van der Waals surface area contributed by atoms with E-state index in [2.05, 4.69) is 5.32 Å². The molecule has 0 amide bonds. The fraction of sp³-hybridized carbons (Fsp3) is 0.455. The zero-order chi connectivity index (χ0) is 11.3. The maximum absolute atomic E-state index is 9.57. The Morgan fingerprint density at radius 3 is 2.67 bits per heavy atom. The maximum Gasteiger partial charge on any atom is 0.124 e. The van der Waals surface area contributed by atoms with Crippen LogP contribution in [0.4, 0.5) is 0 Å². The Morgan fingerprint density at radius 1 is 1.33 bits per heavy atom. The van der Waals surface area contributed by atoms with Crippen LogP contribution >= 0.6 is 0 Å². The Bertz CT molecular complexity index is 315. The van der Waals surface area contributed by atoms with Gasteiger partial charge in [-0.05, 0) is 26.0 Å². The Kier molecular flexibility index (Phi) is 4.39. The first-order valence-corrected chi connectivity index (χ1v) is 5.01. The van der Waals surface area contributed by atoms with Gasteiger partial charge in [-0.3, -0.25) is 0 Å². The quantitative estimate of drug-likeness (QED) is 0.551. The van der Waals surface area contributed by atoms with Crippen LogP contribution < -0.4 is 5.32 Å². The molecule has 0 saturated carbocycles. The molecule has 0 aliphatic carbocycles. The summed E-state index contributed by atoms with van der Waals surface area (Å²) in [6.45, 7) is 2.77. The van der Waals surface area contributed by atoms with E-state index in [4.69, 9.17) is 10.2 Å². The standard InChI is InChI=1S/C11H17NO3/c1-8(12-5-2-6-13)10-4-3-9(14)7-11(10)15/h3-4,7-8,12-15H,2,5-6H2,1H3. The first kappa shape index (κ1) is 11.8. The Labute approximate surface area is 89.2 Å². The molecule has 0 heterocycles. The SMILES string of the molecule is CC(NCCCO)c1ccc(O)cc1O.